The van der Waals surface area contributed by atoms with Crippen LogP contribution in [0.2, 0.25) is 0 Å². The number of carbonyl (C=O) groups excluding carboxylic acids is 1. The Kier molecular flexibility index (Phi) is 6.39. The van der Waals surface area contributed by atoms with Gasteiger partial charge in [0.05, 0.1) is 11.4 Å². The lowest BCUT2D eigenvalue weighted by Crippen LogP contribution is -2.29. The van der Waals surface area contributed by atoms with Gasteiger partial charge < -0.3 is 10.6 Å². The van der Waals surface area contributed by atoms with E-state index in [1.54, 1.807) is 4.68 Å². The number of aromatic nitrogens is 4. The summed E-state index contributed by atoms with van der Waals surface area (Å²) in [6.07, 6.45) is 4.23. The Morgan fingerprint density at radius 2 is 2.29 bits per heavy atom. The van der Waals surface area contributed by atoms with Crippen molar-refractivity contribution in [3.8, 4) is 0 Å². The van der Waals surface area contributed by atoms with E-state index in [0.29, 0.717) is 12.5 Å². The van der Waals surface area contributed by atoms with Crippen molar-refractivity contribution in [1.82, 2.24) is 30.6 Å². The van der Waals surface area contributed by atoms with Crippen LogP contribution in [-0.4, -0.2) is 39.0 Å². The van der Waals surface area contributed by atoms with E-state index in [1.165, 1.54) is 6.42 Å². The van der Waals surface area contributed by atoms with Crippen LogP contribution in [0.5, 0.6) is 0 Å². The van der Waals surface area contributed by atoms with Crippen LogP contribution in [0, 0.1) is 13.8 Å². The third-order valence-electron chi connectivity index (χ3n) is 4.43. The van der Waals surface area contributed by atoms with E-state index < -0.39 is 0 Å². The highest BCUT2D eigenvalue weighted by Gasteiger charge is 2.18. The Hall–Kier alpha value is -1.86. The zero-order valence-electron chi connectivity index (χ0n) is 14.1. The van der Waals surface area contributed by atoms with Crippen molar-refractivity contribution in [3.05, 3.63) is 34.9 Å². The summed E-state index contributed by atoms with van der Waals surface area (Å²) in [7, 11) is 0. The van der Waals surface area contributed by atoms with E-state index in [0.717, 1.165) is 42.2 Å². The molecule has 0 spiro atoms. The second kappa shape index (κ2) is 8.30. The van der Waals surface area contributed by atoms with E-state index in [2.05, 4.69) is 25.9 Å². The first-order chi connectivity index (χ1) is 11.1. The van der Waals surface area contributed by atoms with Crippen molar-refractivity contribution < 1.29 is 4.79 Å². The second-order valence-corrected chi connectivity index (χ2v) is 6.17. The van der Waals surface area contributed by atoms with E-state index in [-0.39, 0.29) is 24.9 Å². The number of rotatable bonds is 5. The molecule has 3 N–H and O–H groups in total. The molecule has 8 heteroatoms. The van der Waals surface area contributed by atoms with Crippen molar-refractivity contribution in [2.75, 3.05) is 13.1 Å². The first kappa shape index (κ1) is 18.5. The summed E-state index contributed by atoms with van der Waals surface area (Å²) in [5.74, 6) is 0.422. The Morgan fingerprint density at radius 3 is 2.96 bits per heavy atom. The zero-order chi connectivity index (χ0) is 16.2. The van der Waals surface area contributed by atoms with Crippen LogP contribution in [0.3, 0.4) is 0 Å². The molecule has 1 unspecified atom stereocenters. The lowest BCUT2D eigenvalue weighted by Gasteiger charge is -2.20. The van der Waals surface area contributed by atoms with Crippen LogP contribution >= 0.6 is 12.4 Å². The fourth-order valence-corrected chi connectivity index (χ4v) is 3.01. The minimum atomic E-state index is -0.0404. The molecular formula is C16H25ClN6O. The number of nitrogens with one attached hydrogen (secondary N) is 3. The molecule has 1 aliphatic heterocycles. The molecule has 1 atom stereocenters. The summed E-state index contributed by atoms with van der Waals surface area (Å²) in [6.45, 7) is 6.70. The summed E-state index contributed by atoms with van der Waals surface area (Å²) in [6, 6.07) is 2.02. The number of halogens is 1. The van der Waals surface area contributed by atoms with Gasteiger partial charge in [-0.2, -0.15) is 10.2 Å². The molecule has 0 aliphatic carbocycles. The van der Waals surface area contributed by atoms with Crippen LogP contribution in [-0.2, 0) is 17.9 Å². The molecule has 24 heavy (non-hydrogen) atoms. The molecule has 1 aliphatic rings. The fraction of sp³-hybridized carbons (Fsp3) is 0.562. The third kappa shape index (κ3) is 4.36. The van der Waals surface area contributed by atoms with Gasteiger partial charge in [-0.1, -0.05) is 0 Å². The van der Waals surface area contributed by atoms with E-state index in [4.69, 9.17) is 0 Å². The fourth-order valence-electron chi connectivity index (χ4n) is 3.01. The molecule has 132 valence electrons. The standard InChI is InChI=1S/C16H24N6O.ClH/c1-11-14(12(2)20-19-11)9-18-16(23)10-22-7-5-15(21-22)13-4-3-6-17-8-13;/h5,7,13,17H,3-4,6,8-10H2,1-2H3,(H,18,23)(H,19,20);1H. The number of carbonyl (C=O) groups is 1. The number of hydrogen-bond donors (Lipinski definition) is 3. The summed E-state index contributed by atoms with van der Waals surface area (Å²) in [5.41, 5.74) is 4.04. The summed E-state index contributed by atoms with van der Waals surface area (Å²) in [4.78, 5) is 12.1. The van der Waals surface area contributed by atoms with Crippen LogP contribution in [0.25, 0.3) is 0 Å². The van der Waals surface area contributed by atoms with Crippen LogP contribution < -0.4 is 10.6 Å². The van der Waals surface area contributed by atoms with Gasteiger partial charge in [0.2, 0.25) is 5.91 Å². The normalized spacial score (nSPS) is 17.3. The lowest BCUT2D eigenvalue weighted by molar-refractivity contribution is -0.122. The molecule has 7 nitrogen and oxygen atoms in total. The summed E-state index contributed by atoms with van der Waals surface area (Å²) in [5, 5.41) is 17.9. The molecule has 1 fully saturated rings. The molecule has 2 aromatic heterocycles. The average Bonchev–Trinajstić information content (AvgIpc) is 3.14. The van der Waals surface area contributed by atoms with Crippen molar-refractivity contribution in [3.63, 3.8) is 0 Å². The highest BCUT2D eigenvalue weighted by atomic mass is 35.5. The number of nitrogens with zero attached hydrogens (tertiary/aromatic N) is 3. The number of amides is 1. The van der Waals surface area contributed by atoms with Crippen molar-refractivity contribution in [2.45, 2.75) is 45.7 Å². The van der Waals surface area contributed by atoms with Gasteiger partial charge in [0.1, 0.15) is 6.54 Å². The van der Waals surface area contributed by atoms with Crippen molar-refractivity contribution in [2.24, 2.45) is 0 Å². The van der Waals surface area contributed by atoms with Crippen LogP contribution in [0.4, 0.5) is 0 Å². The van der Waals surface area contributed by atoms with Gasteiger partial charge >= 0.3 is 0 Å². The van der Waals surface area contributed by atoms with Gasteiger partial charge in [-0.3, -0.25) is 14.6 Å². The lowest BCUT2D eigenvalue weighted by atomic mass is 9.97. The molecule has 3 rings (SSSR count). The molecule has 1 saturated heterocycles. The highest BCUT2D eigenvalue weighted by molar-refractivity contribution is 5.85. The maximum Gasteiger partial charge on any atom is 0.241 e. The van der Waals surface area contributed by atoms with Gasteiger partial charge in [-0.15, -0.1) is 12.4 Å². The Balaban J connectivity index is 0.00000208. The third-order valence-corrected chi connectivity index (χ3v) is 4.43. The monoisotopic (exact) mass is 352 g/mol. The van der Waals surface area contributed by atoms with Gasteiger partial charge in [-0.05, 0) is 39.3 Å². The number of aromatic amines is 1. The molecule has 3 heterocycles. The van der Waals surface area contributed by atoms with Gasteiger partial charge in [-0.25, -0.2) is 0 Å². The SMILES string of the molecule is Cc1n[nH]c(C)c1CNC(=O)Cn1ccc(C2CCCNC2)n1.Cl. The highest BCUT2D eigenvalue weighted by Crippen LogP contribution is 2.21. The zero-order valence-corrected chi connectivity index (χ0v) is 14.9. The summed E-state index contributed by atoms with van der Waals surface area (Å²) >= 11 is 0. The molecule has 0 radical (unpaired) electrons. The molecule has 0 saturated carbocycles. The van der Waals surface area contributed by atoms with Gasteiger partial charge in [0, 0.05) is 36.5 Å². The Labute approximate surface area is 148 Å². The molecule has 0 bridgehead atoms. The van der Waals surface area contributed by atoms with Crippen LogP contribution in [0.15, 0.2) is 12.3 Å². The average molecular weight is 353 g/mol. The molecular weight excluding hydrogens is 328 g/mol. The van der Waals surface area contributed by atoms with Crippen molar-refractivity contribution in [1.29, 1.82) is 0 Å². The Morgan fingerprint density at radius 1 is 1.46 bits per heavy atom. The molecule has 1 amide bonds. The number of aryl methyl sites for hydroxylation is 2. The largest absolute Gasteiger partial charge is 0.350 e. The topological polar surface area (TPSA) is 87.6 Å². The first-order valence-corrected chi connectivity index (χ1v) is 8.14. The predicted octanol–water partition coefficient (Wildman–Crippen LogP) is 1.43. The van der Waals surface area contributed by atoms with E-state index in [9.17, 15) is 4.79 Å². The minimum absolute atomic E-state index is 0. The van der Waals surface area contributed by atoms with Gasteiger partial charge in [0.25, 0.3) is 0 Å². The smallest absolute Gasteiger partial charge is 0.241 e. The number of piperidine rings is 1. The predicted molar refractivity (Wildman–Crippen MR) is 94.2 cm³/mol. The number of H-pyrrole nitrogens is 1. The van der Waals surface area contributed by atoms with Crippen LogP contribution in [0.1, 0.15) is 41.4 Å². The first-order valence-electron chi connectivity index (χ1n) is 8.14. The quantitative estimate of drug-likeness (QED) is 0.759. The number of hydrogen-bond acceptors (Lipinski definition) is 4. The van der Waals surface area contributed by atoms with Gasteiger partial charge in [0.15, 0.2) is 0 Å². The van der Waals surface area contributed by atoms with Crippen molar-refractivity contribution >= 4 is 18.3 Å². The maximum absolute atomic E-state index is 12.1. The Bertz CT molecular complexity index is 654. The minimum Gasteiger partial charge on any atom is -0.350 e. The van der Waals surface area contributed by atoms with E-state index >= 15 is 0 Å². The molecule has 2 aromatic rings. The molecule has 0 aromatic carbocycles. The summed E-state index contributed by atoms with van der Waals surface area (Å²) < 4.78 is 1.72. The second-order valence-electron chi connectivity index (χ2n) is 6.17. The van der Waals surface area contributed by atoms with E-state index in [1.807, 2.05) is 26.1 Å². The maximum atomic E-state index is 12.1.